The van der Waals surface area contributed by atoms with Crippen LogP contribution in [0.4, 0.5) is 0 Å². The molecule has 0 saturated carbocycles. The predicted octanol–water partition coefficient (Wildman–Crippen LogP) is 4.94. The number of rotatable bonds is 4. The fourth-order valence-corrected chi connectivity index (χ4v) is 6.56. The SMILES string of the molecule is O=C1OC2(CC(c3cc4ccccc4o3)CCN2CCC2CCCc3sccc32)OC1=O. The van der Waals surface area contributed by atoms with Gasteiger partial charge in [-0.2, -0.15) is 0 Å². The van der Waals surface area contributed by atoms with E-state index in [0.717, 1.165) is 29.6 Å². The van der Waals surface area contributed by atoms with Gasteiger partial charge in [-0.25, -0.2) is 14.5 Å². The van der Waals surface area contributed by atoms with Crippen LogP contribution in [0.25, 0.3) is 11.0 Å². The van der Waals surface area contributed by atoms with Gasteiger partial charge in [0.05, 0.1) is 6.42 Å². The Morgan fingerprint density at radius 1 is 1.09 bits per heavy atom. The number of esters is 2. The number of piperidine rings is 1. The first kappa shape index (κ1) is 20.0. The molecule has 0 N–H and O–H groups in total. The maximum Gasteiger partial charge on any atom is 0.421 e. The first-order valence-electron chi connectivity index (χ1n) is 11.4. The smallest absolute Gasteiger partial charge is 0.421 e. The summed E-state index contributed by atoms with van der Waals surface area (Å²) in [6.45, 7) is 1.39. The van der Waals surface area contributed by atoms with Crippen molar-refractivity contribution in [2.45, 2.75) is 56.3 Å². The number of aryl methyl sites for hydroxylation is 1. The van der Waals surface area contributed by atoms with E-state index in [0.29, 0.717) is 25.4 Å². The number of nitrogens with zero attached hydrogens (tertiary/aromatic N) is 1. The Balaban J connectivity index is 1.23. The van der Waals surface area contributed by atoms with E-state index in [4.69, 9.17) is 13.9 Å². The molecule has 2 aromatic heterocycles. The summed E-state index contributed by atoms with van der Waals surface area (Å²) in [5.74, 6) is -1.78. The van der Waals surface area contributed by atoms with Crippen molar-refractivity contribution in [3.8, 4) is 0 Å². The van der Waals surface area contributed by atoms with Crippen LogP contribution in [0.15, 0.2) is 46.2 Å². The van der Waals surface area contributed by atoms with E-state index in [1.165, 1.54) is 29.7 Å². The highest BCUT2D eigenvalue weighted by molar-refractivity contribution is 7.10. The largest absolute Gasteiger partial charge is 0.461 e. The normalized spacial score (nSPS) is 25.1. The molecule has 2 fully saturated rings. The molecule has 4 heterocycles. The third-order valence-electron chi connectivity index (χ3n) is 7.18. The average Bonchev–Trinajstić information content (AvgIpc) is 3.51. The van der Waals surface area contributed by atoms with Crippen LogP contribution >= 0.6 is 11.3 Å². The average molecular weight is 452 g/mol. The summed E-state index contributed by atoms with van der Waals surface area (Å²) < 4.78 is 17.3. The number of carbonyl (C=O) groups excluding carboxylic acids is 2. The van der Waals surface area contributed by atoms with Gasteiger partial charge in [-0.05, 0) is 67.2 Å². The van der Waals surface area contributed by atoms with Crippen molar-refractivity contribution in [2.24, 2.45) is 0 Å². The molecule has 7 heteroatoms. The van der Waals surface area contributed by atoms with E-state index in [-0.39, 0.29) is 5.92 Å². The standard InChI is InChI=1S/C25H25NO5S/c27-23-24(28)31-25(30-23)15-18(21-14-17-4-1-2-6-20(17)29-21)9-12-26(25)11-8-16-5-3-7-22-19(16)10-13-32-22/h1-2,4,6,10,13-14,16,18H,3,5,7-9,11-12,15H2. The molecule has 6 rings (SSSR count). The third-order valence-corrected chi connectivity index (χ3v) is 8.17. The van der Waals surface area contributed by atoms with E-state index in [2.05, 4.69) is 16.3 Å². The van der Waals surface area contributed by atoms with Gasteiger partial charge in [0.15, 0.2) is 0 Å². The Labute approximate surface area is 190 Å². The molecule has 1 aromatic carbocycles. The van der Waals surface area contributed by atoms with E-state index in [1.807, 2.05) is 41.7 Å². The molecule has 32 heavy (non-hydrogen) atoms. The van der Waals surface area contributed by atoms with Gasteiger partial charge in [-0.15, -0.1) is 11.3 Å². The van der Waals surface area contributed by atoms with Crippen molar-refractivity contribution in [3.05, 3.63) is 58.0 Å². The Hall–Kier alpha value is -2.64. The van der Waals surface area contributed by atoms with Gasteiger partial charge in [-0.3, -0.25) is 0 Å². The van der Waals surface area contributed by atoms with Crippen molar-refractivity contribution < 1.29 is 23.5 Å². The van der Waals surface area contributed by atoms with E-state index in [9.17, 15) is 9.59 Å². The number of thiophene rings is 1. The lowest BCUT2D eigenvalue weighted by molar-refractivity contribution is -0.267. The van der Waals surface area contributed by atoms with Crippen LogP contribution in [-0.2, 0) is 25.5 Å². The van der Waals surface area contributed by atoms with Crippen LogP contribution in [0.5, 0.6) is 0 Å². The fraction of sp³-hybridized carbons (Fsp3) is 0.440. The molecule has 0 amide bonds. The first-order valence-corrected chi connectivity index (χ1v) is 12.3. The van der Waals surface area contributed by atoms with Crippen molar-refractivity contribution in [1.29, 1.82) is 0 Å². The third kappa shape index (κ3) is 3.35. The second-order valence-corrected chi connectivity index (χ2v) is 10.0. The maximum absolute atomic E-state index is 12.1. The van der Waals surface area contributed by atoms with Gasteiger partial charge in [0, 0.05) is 29.3 Å². The van der Waals surface area contributed by atoms with Crippen LogP contribution in [-0.4, -0.2) is 35.8 Å². The minimum absolute atomic E-state index is 0.00973. The maximum atomic E-state index is 12.1. The zero-order chi connectivity index (χ0) is 21.7. The van der Waals surface area contributed by atoms with Crippen LogP contribution < -0.4 is 0 Å². The minimum Gasteiger partial charge on any atom is -0.461 e. The van der Waals surface area contributed by atoms with Gasteiger partial charge in [0.1, 0.15) is 11.3 Å². The molecule has 166 valence electrons. The van der Waals surface area contributed by atoms with E-state index >= 15 is 0 Å². The number of furan rings is 1. The molecule has 0 bridgehead atoms. The Morgan fingerprint density at radius 3 is 2.78 bits per heavy atom. The number of benzene rings is 1. The lowest BCUT2D eigenvalue weighted by atomic mass is 9.85. The fourth-order valence-electron chi connectivity index (χ4n) is 5.55. The van der Waals surface area contributed by atoms with Gasteiger partial charge in [0.25, 0.3) is 0 Å². The van der Waals surface area contributed by atoms with Crippen molar-refractivity contribution in [2.75, 3.05) is 13.1 Å². The van der Waals surface area contributed by atoms with E-state index in [1.54, 1.807) is 0 Å². The van der Waals surface area contributed by atoms with Gasteiger partial charge in [0.2, 0.25) is 0 Å². The van der Waals surface area contributed by atoms with E-state index < -0.39 is 17.8 Å². The highest BCUT2D eigenvalue weighted by Gasteiger charge is 2.56. The summed E-state index contributed by atoms with van der Waals surface area (Å²) in [5, 5.41) is 3.23. The molecular weight excluding hydrogens is 426 g/mol. The molecule has 2 aliphatic heterocycles. The summed E-state index contributed by atoms with van der Waals surface area (Å²) in [5.41, 5.74) is 2.30. The number of likely N-dealkylation sites (tertiary alicyclic amines) is 1. The monoisotopic (exact) mass is 451 g/mol. The molecule has 3 aliphatic rings. The molecule has 6 nitrogen and oxygen atoms in total. The zero-order valence-corrected chi connectivity index (χ0v) is 18.6. The van der Waals surface area contributed by atoms with Crippen LogP contribution in [0, 0.1) is 0 Å². The molecule has 0 radical (unpaired) electrons. The Morgan fingerprint density at radius 2 is 1.94 bits per heavy atom. The van der Waals surface area contributed by atoms with Gasteiger partial charge < -0.3 is 13.9 Å². The van der Waals surface area contributed by atoms with Crippen molar-refractivity contribution >= 4 is 34.2 Å². The topological polar surface area (TPSA) is 69.0 Å². The van der Waals surface area contributed by atoms with Crippen LogP contribution in [0.2, 0.25) is 0 Å². The number of fused-ring (bicyclic) bond motifs is 2. The Bertz CT molecular complexity index is 1130. The Kier molecular flexibility index (Phi) is 4.84. The summed E-state index contributed by atoms with van der Waals surface area (Å²) in [4.78, 5) is 27.7. The molecule has 3 aromatic rings. The summed E-state index contributed by atoms with van der Waals surface area (Å²) in [6.07, 6.45) is 5.75. The van der Waals surface area contributed by atoms with Gasteiger partial charge in [-0.1, -0.05) is 18.2 Å². The second kappa shape index (κ2) is 7.74. The molecular formula is C25H25NO5S. The summed E-state index contributed by atoms with van der Waals surface area (Å²) in [6, 6.07) is 12.2. The van der Waals surface area contributed by atoms with Gasteiger partial charge >= 0.3 is 17.8 Å². The van der Waals surface area contributed by atoms with Crippen LogP contribution in [0.1, 0.15) is 60.1 Å². The molecule has 1 spiro atoms. The molecule has 2 unspecified atom stereocenters. The highest BCUT2D eigenvalue weighted by atomic mass is 32.1. The number of hydrogen-bond donors (Lipinski definition) is 0. The lowest BCUT2D eigenvalue weighted by Gasteiger charge is -2.43. The molecule has 2 saturated heterocycles. The minimum atomic E-state index is -1.33. The quantitative estimate of drug-likeness (QED) is 0.414. The van der Waals surface area contributed by atoms with Crippen molar-refractivity contribution in [3.63, 3.8) is 0 Å². The number of para-hydroxylation sites is 1. The lowest BCUT2D eigenvalue weighted by Crippen LogP contribution is -2.55. The molecule has 1 aliphatic carbocycles. The second-order valence-electron chi connectivity index (χ2n) is 9.03. The molecule has 2 atom stereocenters. The summed E-state index contributed by atoms with van der Waals surface area (Å²) >= 11 is 1.85. The number of hydrogen-bond acceptors (Lipinski definition) is 7. The zero-order valence-electron chi connectivity index (χ0n) is 17.7. The summed E-state index contributed by atoms with van der Waals surface area (Å²) in [7, 11) is 0. The van der Waals surface area contributed by atoms with Crippen molar-refractivity contribution in [1.82, 2.24) is 4.90 Å². The predicted molar refractivity (Wildman–Crippen MR) is 119 cm³/mol. The number of carbonyl (C=O) groups is 2. The highest BCUT2D eigenvalue weighted by Crippen LogP contribution is 2.44. The number of ether oxygens (including phenoxy) is 2. The first-order chi connectivity index (χ1) is 15.6. The van der Waals surface area contributed by atoms with Crippen LogP contribution in [0.3, 0.4) is 0 Å².